The summed E-state index contributed by atoms with van der Waals surface area (Å²) in [5, 5.41) is 3.44. The highest BCUT2D eigenvalue weighted by Crippen LogP contribution is 2.39. The zero-order valence-corrected chi connectivity index (χ0v) is 13.9. The lowest BCUT2D eigenvalue weighted by molar-refractivity contribution is 0.0865. The number of hydrogen-bond acceptors (Lipinski definition) is 3. The van der Waals surface area contributed by atoms with Crippen LogP contribution in [-0.4, -0.2) is 36.6 Å². The van der Waals surface area contributed by atoms with Crippen molar-refractivity contribution in [2.45, 2.75) is 46.1 Å². The van der Waals surface area contributed by atoms with Crippen molar-refractivity contribution in [3.8, 4) is 0 Å². The fourth-order valence-electron chi connectivity index (χ4n) is 3.61. The molecule has 1 N–H and O–H groups in total. The Labute approximate surface area is 130 Å². The van der Waals surface area contributed by atoms with Crippen molar-refractivity contribution >= 4 is 0 Å². The zero-order chi connectivity index (χ0) is 15.1. The van der Waals surface area contributed by atoms with Gasteiger partial charge >= 0.3 is 0 Å². The van der Waals surface area contributed by atoms with Crippen LogP contribution in [0.3, 0.4) is 0 Å². The van der Waals surface area contributed by atoms with Crippen LogP contribution in [0, 0.1) is 11.3 Å². The number of rotatable bonds is 7. The molecule has 0 unspecified atom stereocenters. The van der Waals surface area contributed by atoms with Crippen molar-refractivity contribution in [3.05, 3.63) is 30.1 Å². The van der Waals surface area contributed by atoms with E-state index in [9.17, 15) is 0 Å². The third kappa shape index (κ3) is 4.79. The summed E-state index contributed by atoms with van der Waals surface area (Å²) in [6.45, 7) is 9.05. The van der Waals surface area contributed by atoms with Gasteiger partial charge in [-0.15, -0.1) is 0 Å². The lowest BCUT2D eigenvalue weighted by Crippen LogP contribution is -2.45. The third-order valence-corrected chi connectivity index (χ3v) is 5.00. The van der Waals surface area contributed by atoms with E-state index in [0.29, 0.717) is 5.41 Å². The molecule has 0 atom stereocenters. The van der Waals surface area contributed by atoms with E-state index in [1.54, 1.807) is 0 Å². The number of nitrogens with one attached hydrogen (secondary N) is 1. The molecule has 1 aromatic heterocycles. The monoisotopic (exact) mass is 289 g/mol. The summed E-state index contributed by atoms with van der Waals surface area (Å²) < 4.78 is 0. The van der Waals surface area contributed by atoms with Crippen molar-refractivity contribution in [1.82, 2.24) is 15.2 Å². The van der Waals surface area contributed by atoms with Crippen LogP contribution >= 0.6 is 0 Å². The molecule has 0 spiro atoms. The van der Waals surface area contributed by atoms with Gasteiger partial charge in [-0.25, -0.2) is 0 Å². The van der Waals surface area contributed by atoms with Crippen molar-refractivity contribution in [2.75, 3.05) is 26.7 Å². The van der Waals surface area contributed by atoms with Gasteiger partial charge in [-0.2, -0.15) is 0 Å². The maximum atomic E-state index is 4.48. The largest absolute Gasteiger partial charge is 0.319 e. The van der Waals surface area contributed by atoms with Crippen LogP contribution in [0.5, 0.6) is 0 Å². The second-order valence-electron chi connectivity index (χ2n) is 6.84. The molecule has 1 aliphatic carbocycles. The second kappa shape index (κ2) is 7.90. The molecule has 0 aliphatic heterocycles. The van der Waals surface area contributed by atoms with E-state index >= 15 is 0 Å². The van der Waals surface area contributed by atoms with E-state index in [1.165, 1.54) is 37.9 Å². The Kier molecular flexibility index (Phi) is 6.19. The molecule has 3 nitrogen and oxygen atoms in total. The van der Waals surface area contributed by atoms with E-state index in [-0.39, 0.29) is 0 Å². The Morgan fingerprint density at radius 3 is 2.67 bits per heavy atom. The van der Waals surface area contributed by atoms with Crippen LogP contribution in [0.4, 0.5) is 0 Å². The fraction of sp³-hybridized carbons (Fsp3) is 0.722. The number of hydrogen-bond donors (Lipinski definition) is 1. The van der Waals surface area contributed by atoms with Gasteiger partial charge in [0.1, 0.15) is 0 Å². The van der Waals surface area contributed by atoms with E-state index in [0.717, 1.165) is 25.6 Å². The molecule has 0 amide bonds. The summed E-state index contributed by atoms with van der Waals surface area (Å²) in [6, 6.07) is 6.21. The first kappa shape index (κ1) is 16.4. The summed E-state index contributed by atoms with van der Waals surface area (Å²) in [7, 11) is 2.09. The summed E-state index contributed by atoms with van der Waals surface area (Å²) in [4.78, 5) is 7.05. The molecule has 0 radical (unpaired) electrons. The highest BCUT2D eigenvalue weighted by atomic mass is 15.1. The van der Waals surface area contributed by atoms with E-state index in [2.05, 4.69) is 48.2 Å². The predicted octanol–water partition coefficient (Wildman–Crippen LogP) is 3.32. The van der Waals surface area contributed by atoms with E-state index in [1.807, 2.05) is 12.3 Å². The molecule has 2 rings (SSSR count). The molecule has 1 heterocycles. The highest BCUT2D eigenvalue weighted by molar-refractivity contribution is 5.03. The quantitative estimate of drug-likeness (QED) is 0.834. The molecule has 3 heteroatoms. The van der Waals surface area contributed by atoms with Crippen LogP contribution in [0.15, 0.2) is 24.4 Å². The lowest BCUT2D eigenvalue weighted by Gasteiger charge is -2.42. The van der Waals surface area contributed by atoms with Gasteiger partial charge < -0.3 is 5.32 Å². The minimum absolute atomic E-state index is 0.450. The van der Waals surface area contributed by atoms with Crippen molar-refractivity contribution < 1.29 is 0 Å². The minimum Gasteiger partial charge on any atom is -0.319 e. The SMILES string of the molecule is CCN(Cc1ccccn1)CC1(CNC)CCC(C)CC1. The van der Waals surface area contributed by atoms with Crippen LogP contribution in [0.1, 0.15) is 45.2 Å². The summed E-state index contributed by atoms with van der Waals surface area (Å²) in [5.74, 6) is 0.904. The summed E-state index contributed by atoms with van der Waals surface area (Å²) in [6.07, 6.45) is 7.36. The standard InChI is InChI=1S/C18H31N3/c1-4-21(13-17-7-5-6-12-20-17)15-18(14-19-3)10-8-16(2)9-11-18/h5-7,12,16,19H,4,8-11,13-15H2,1-3H3. The zero-order valence-electron chi connectivity index (χ0n) is 13.9. The first-order chi connectivity index (χ1) is 10.2. The van der Waals surface area contributed by atoms with Crippen LogP contribution in [0.25, 0.3) is 0 Å². The molecular formula is C18H31N3. The normalized spacial score (nSPS) is 26.2. The van der Waals surface area contributed by atoms with Gasteiger partial charge in [-0.3, -0.25) is 9.88 Å². The van der Waals surface area contributed by atoms with Gasteiger partial charge in [0, 0.05) is 25.8 Å². The average Bonchev–Trinajstić information content (AvgIpc) is 2.51. The number of pyridine rings is 1. The Balaban J connectivity index is 2.00. The van der Waals surface area contributed by atoms with Gasteiger partial charge in [0.25, 0.3) is 0 Å². The van der Waals surface area contributed by atoms with E-state index in [4.69, 9.17) is 0 Å². The Morgan fingerprint density at radius 1 is 1.33 bits per heavy atom. The summed E-state index contributed by atoms with van der Waals surface area (Å²) in [5.41, 5.74) is 1.63. The van der Waals surface area contributed by atoms with Gasteiger partial charge in [0.05, 0.1) is 5.69 Å². The lowest BCUT2D eigenvalue weighted by atomic mass is 9.70. The highest BCUT2D eigenvalue weighted by Gasteiger charge is 2.35. The molecule has 0 aromatic carbocycles. The van der Waals surface area contributed by atoms with Crippen molar-refractivity contribution in [1.29, 1.82) is 0 Å². The molecule has 21 heavy (non-hydrogen) atoms. The second-order valence-corrected chi connectivity index (χ2v) is 6.84. The van der Waals surface area contributed by atoms with Gasteiger partial charge in [0.15, 0.2) is 0 Å². The predicted molar refractivity (Wildman–Crippen MR) is 89.2 cm³/mol. The van der Waals surface area contributed by atoms with Crippen molar-refractivity contribution in [2.24, 2.45) is 11.3 Å². The number of nitrogens with zero attached hydrogens (tertiary/aromatic N) is 2. The number of aromatic nitrogens is 1. The first-order valence-electron chi connectivity index (χ1n) is 8.44. The third-order valence-electron chi connectivity index (χ3n) is 5.00. The maximum Gasteiger partial charge on any atom is 0.0543 e. The van der Waals surface area contributed by atoms with Crippen LogP contribution in [0.2, 0.25) is 0 Å². The van der Waals surface area contributed by atoms with Gasteiger partial charge in [-0.1, -0.05) is 32.8 Å². The van der Waals surface area contributed by atoms with E-state index < -0.39 is 0 Å². The molecule has 1 aliphatic rings. The molecule has 118 valence electrons. The fourth-order valence-corrected chi connectivity index (χ4v) is 3.61. The Bertz CT molecular complexity index is 396. The van der Waals surface area contributed by atoms with Gasteiger partial charge in [0.2, 0.25) is 0 Å². The summed E-state index contributed by atoms with van der Waals surface area (Å²) >= 11 is 0. The first-order valence-corrected chi connectivity index (χ1v) is 8.44. The van der Waals surface area contributed by atoms with Crippen LogP contribution in [-0.2, 0) is 6.54 Å². The molecule has 0 saturated heterocycles. The maximum absolute atomic E-state index is 4.48. The molecule has 1 saturated carbocycles. The Hall–Kier alpha value is -0.930. The minimum atomic E-state index is 0.450. The molecule has 1 aromatic rings. The topological polar surface area (TPSA) is 28.2 Å². The van der Waals surface area contributed by atoms with Crippen molar-refractivity contribution in [3.63, 3.8) is 0 Å². The van der Waals surface area contributed by atoms with Crippen LogP contribution < -0.4 is 5.32 Å². The molecule has 0 bridgehead atoms. The average molecular weight is 289 g/mol. The Morgan fingerprint density at radius 2 is 2.10 bits per heavy atom. The molecule has 1 fully saturated rings. The van der Waals surface area contributed by atoms with Gasteiger partial charge in [-0.05, 0) is 49.9 Å². The smallest absolute Gasteiger partial charge is 0.0543 e. The molecular weight excluding hydrogens is 258 g/mol.